The van der Waals surface area contributed by atoms with Crippen LogP contribution in [0.15, 0.2) is 24.3 Å². The Morgan fingerprint density at radius 1 is 1.40 bits per heavy atom. The van der Waals surface area contributed by atoms with E-state index < -0.39 is 5.82 Å². The average molecular weight is 210 g/mol. The summed E-state index contributed by atoms with van der Waals surface area (Å²) in [5, 5.41) is 5.09. The predicted molar refractivity (Wildman–Crippen MR) is 58.3 cm³/mol. The van der Waals surface area contributed by atoms with E-state index in [4.69, 9.17) is 0 Å². The second kappa shape index (κ2) is 6.01. The Labute approximate surface area is 88.7 Å². The maximum atomic E-state index is 13.1. The van der Waals surface area contributed by atoms with Crippen LogP contribution >= 0.6 is 0 Å². The highest BCUT2D eigenvalue weighted by atomic mass is 19.1. The molecule has 0 fully saturated rings. The highest BCUT2D eigenvalue weighted by molar-refractivity contribution is 5.89. The summed E-state index contributed by atoms with van der Waals surface area (Å²) >= 11 is 0. The number of carbonyl (C=O) groups excluding carboxylic acids is 1. The monoisotopic (exact) mass is 210 g/mol. The standard InChI is InChI=1S/C11H15FN2O/c1-2-3-8-13-11(15)14-10-7-5-4-6-9(10)12/h4-7H,2-3,8H2,1H3,(H2,13,14,15). The molecule has 1 rings (SSSR count). The Bertz CT molecular complexity index is 328. The van der Waals surface area contributed by atoms with Gasteiger partial charge in [0.25, 0.3) is 0 Å². The molecule has 0 atom stereocenters. The molecule has 0 unspecified atom stereocenters. The van der Waals surface area contributed by atoms with Crippen LogP contribution < -0.4 is 10.6 Å². The second-order valence-corrected chi connectivity index (χ2v) is 3.21. The van der Waals surface area contributed by atoms with E-state index >= 15 is 0 Å². The molecule has 15 heavy (non-hydrogen) atoms. The first-order valence-electron chi connectivity index (χ1n) is 5.03. The summed E-state index contributed by atoms with van der Waals surface area (Å²) in [5.41, 5.74) is 0.200. The van der Waals surface area contributed by atoms with Gasteiger partial charge in [-0.15, -0.1) is 0 Å². The molecule has 0 aromatic heterocycles. The van der Waals surface area contributed by atoms with Crippen molar-refractivity contribution in [1.82, 2.24) is 5.32 Å². The maximum absolute atomic E-state index is 13.1. The minimum absolute atomic E-state index is 0.200. The van der Waals surface area contributed by atoms with E-state index in [0.29, 0.717) is 6.54 Å². The van der Waals surface area contributed by atoms with Crippen LogP contribution in [0.3, 0.4) is 0 Å². The van der Waals surface area contributed by atoms with Crippen molar-refractivity contribution in [3.8, 4) is 0 Å². The largest absolute Gasteiger partial charge is 0.338 e. The summed E-state index contributed by atoms with van der Waals surface area (Å²) in [6, 6.07) is 5.71. The molecule has 82 valence electrons. The predicted octanol–water partition coefficient (Wildman–Crippen LogP) is 2.75. The summed E-state index contributed by atoms with van der Waals surface area (Å²) in [6.07, 6.45) is 1.94. The number of benzene rings is 1. The third-order valence-electron chi connectivity index (χ3n) is 1.94. The van der Waals surface area contributed by atoms with Gasteiger partial charge in [0.1, 0.15) is 5.82 Å². The van der Waals surface area contributed by atoms with Crippen molar-refractivity contribution in [2.24, 2.45) is 0 Å². The van der Waals surface area contributed by atoms with Gasteiger partial charge in [0, 0.05) is 6.54 Å². The lowest BCUT2D eigenvalue weighted by molar-refractivity contribution is 0.252. The quantitative estimate of drug-likeness (QED) is 0.737. The van der Waals surface area contributed by atoms with Crippen LogP contribution in [0.4, 0.5) is 14.9 Å². The summed E-state index contributed by atoms with van der Waals surface area (Å²) < 4.78 is 13.1. The molecule has 0 saturated heterocycles. The van der Waals surface area contributed by atoms with Crippen LogP contribution in [0.25, 0.3) is 0 Å². The van der Waals surface area contributed by atoms with Crippen molar-refractivity contribution in [1.29, 1.82) is 0 Å². The number of para-hydroxylation sites is 1. The van der Waals surface area contributed by atoms with Crippen molar-refractivity contribution >= 4 is 11.7 Å². The summed E-state index contributed by atoms with van der Waals surface area (Å²) in [4.78, 5) is 11.3. The van der Waals surface area contributed by atoms with Crippen molar-refractivity contribution in [2.75, 3.05) is 11.9 Å². The van der Waals surface area contributed by atoms with E-state index in [-0.39, 0.29) is 11.7 Å². The van der Waals surface area contributed by atoms with Gasteiger partial charge in [-0.3, -0.25) is 0 Å². The fraction of sp³-hybridized carbons (Fsp3) is 0.364. The number of carbonyl (C=O) groups is 1. The lowest BCUT2D eigenvalue weighted by Crippen LogP contribution is -2.29. The molecule has 0 radical (unpaired) electrons. The third kappa shape index (κ3) is 3.97. The van der Waals surface area contributed by atoms with E-state index in [0.717, 1.165) is 12.8 Å². The van der Waals surface area contributed by atoms with E-state index in [1.165, 1.54) is 12.1 Å². The summed E-state index contributed by atoms with van der Waals surface area (Å²) in [6.45, 7) is 2.65. The fourth-order valence-electron chi connectivity index (χ4n) is 1.11. The zero-order valence-corrected chi connectivity index (χ0v) is 8.72. The SMILES string of the molecule is CCCCNC(=O)Nc1ccccc1F. The minimum atomic E-state index is -0.428. The Balaban J connectivity index is 2.41. The van der Waals surface area contributed by atoms with Crippen LogP contribution in [-0.4, -0.2) is 12.6 Å². The van der Waals surface area contributed by atoms with Crippen LogP contribution in [0.1, 0.15) is 19.8 Å². The third-order valence-corrected chi connectivity index (χ3v) is 1.94. The lowest BCUT2D eigenvalue weighted by atomic mass is 10.3. The average Bonchev–Trinajstić information content (AvgIpc) is 2.22. The van der Waals surface area contributed by atoms with Gasteiger partial charge in [-0.1, -0.05) is 25.5 Å². The van der Waals surface area contributed by atoms with E-state index in [1.54, 1.807) is 12.1 Å². The highest BCUT2D eigenvalue weighted by Crippen LogP contribution is 2.11. The van der Waals surface area contributed by atoms with Gasteiger partial charge in [-0.2, -0.15) is 0 Å². The van der Waals surface area contributed by atoms with Crippen molar-refractivity contribution in [2.45, 2.75) is 19.8 Å². The Morgan fingerprint density at radius 3 is 2.80 bits per heavy atom. The Hall–Kier alpha value is -1.58. The van der Waals surface area contributed by atoms with Gasteiger partial charge in [-0.05, 0) is 18.6 Å². The number of nitrogens with one attached hydrogen (secondary N) is 2. The topological polar surface area (TPSA) is 41.1 Å². The molecule has 4 heteroatoms. The van der Waals surface area contributed by atoms with Crippen LogP contribution in [0.5, 0.6) is 0 Å². The first kappa shape index (κ1) is 11.5. The Morgan fingerprint density at radius 2 is 2.13 bits per heavy atom. The van der Waals surface area contributed by atoms with Gasteiger partial charge in [0.15, 0.2) is 0 Å². The zero-order chi connectivity index (χ0) is 11.1. The number of hydrogen-bond donors (Lipinski definition) is 2. The van der Waals surface area contributed by atoms with Crippen LogP contribution in [0, 0.1) is 5.82 Å². The molecule has 0 spiro atoms. The fourth-order valence-corrected chi connectivity index (χ4v) is 1.11. The molecule has 0 bridgehead atoms. The molecule has 0 heterocycles. The normalized spacial score (nSPS) is 9.73. The van der Waals surface area contributed by atoms with Gasteiger partial charge >= 0.3 is 6.03 Å². The number of rotatable bonds is 4. The number of amides is 2. The van der Waals surface area contributed by atoms with Crippen LogP contribution in [0.2, 0.25) is 0 Å². The first-order chi connectivity index (χ1) is 7.24. The molecular weight excluding hydrogens is 195 g/mol. The molecule has 0 aliphatic rings. The number of halogens is 1. The van der Waals surface area contributed by atoms with Crippen molar-refractivity contribution < 1.29 is 9.18 Å². The van der Waals surface area contributed by atoms with Gasteiger partial charge < -0.3 is 10.6 Å². The highest BCUT2D eigenvalue weighted by Gasteiger charge is 2.04. The van der Waals surface area contributed by atoms with Gasteiger partial charge in [0.2, 0.25) is 0 Å². The Kier molecular flexibility index (Phi) is 4.60. The minimum Gasteiger partial charge on any atom is -0.338 e. The first-order valence-corrected chi connectivity index (χ1v) is 5.03. The number of anilines is 1. The molecule has 1 aromatic rings. The zero-order valence-electron chi connectivity index (χ0n) is 8.72. The molecule has 3 nitrogen and oxygen atoms in total. The lowest BCUT2D eigenvalue weighted by Gasteiger charge is -2.07. The van der Waals surface area contributed by atoms with Crippen molar-refractivity contribution in [3.63, 3.8) is 0 Å². The summed E-state index contributed by atoms with van der Waals surface area (Å²) in [7, 11) is 0. The van der Waals surface area contributed by atoms with E-state index in [1.807, 2.05) is 6.92 Å². The molecular formula is C11H15FN2O. The maximum Gasteiger partial charge on any atom is 0.319 e. The number of urea groups is 1. The molecule has 0 saturated carbocycles. The van der Waals surface area contributed by atoms with Crippen LogP contribution in [-0.2, 0) is 0 Å². The van der Waals surface area contributed by atoms with Crippen molar-refractivity contribution in [3.05, 3.63) is 30.1 Å². The summed E-state index contributed by atoms with van der Waals surface area (Å²) in [5.74, 6) is -0.428. The number of unbranched alkanes of at least 4 members (excludes halogenated alkanes) is 1. The molecule has 0 aliphatic heterocycles. The van der Waals surface area contributed by atoms with Gasteiger partial charge in [-0.25, -0.2) is 9.18 Å². The molecule has 1 aromatic carbocycles. The molecule has 2 amide bonds. The smallest absolute Gasteiger partial charge is 0.319 e. The van der Waals surface area contributed by atoms with Gasteiger partial charge in [0.05, 0.1) is 5.69 Å². The molecule has 0 aliphatic carbocycles. The molecule has 2 N–H and O–H groups in total. The van der Waals surface area contributed by atoms with E-state index in [2.05, 4.69) is 10.6 Å². The second-order valence-electron chi connectivity index (χ2n) is 3.21. The number of hydrogen-bond acceptors (Lipinski definition) is 1. The van der Waals surface area contributed by atoms with E-state index in [9.17, 15) is 9.18 Å².